The molecule has 1 aliphatic rings. The largest absolute Gasteiger partial charge is 0.486 e. The van der Waals surface area contributed by atoms with Gasteiger partial charge < -0.3 is 14.2 Å². The molecule has 21 heavy (non-hydrogen) atoms. The van der Waals surface area contributed by atoms with Gasteiger partial charge in [0.25, 0.3) is 0 Å². The van der Waals surface area contributed by atoms with Crippen LogP contribution in [-0.2, 0) is 11.2 Å². The van der Waals surface area contributed by atoms with E-state index in [-0.39, 0.29) is 12.1 Å². The van der Waals surface area contributed by atoms with Crippen molar-refractivity contribution in [3.8, 4) is 11.5 Å². The Bertz CT molecular complexity index is 651. The van der Waals surface area contributed by atoms with Crippen molar-refractivity contribution >= 4 is 5.97 Å². The Hall–Kier alpha value is -2.49. The van der Waals surface area contributed by atoms with Gasteiger partial charge in [0.15, 0.2) is 11.5 Å². The van der Waals surface area contributed by atoms with E-state index in [1.165, 1.54) is 7.11 Å². The number of para-hydroxylation sites is 2. The van der Waals surface area contributed by atoms with E-state index in [2.05, 4.69) is 0 Å². The fourth-order valence-electron chi connectivity index (χ4n) is 2.42. The minimum Gasteiger partial charge on any atom is -0.486 e. The molecule has 1 aliphatic heterocycles. The Kier molecular flexibility index (Phi) is 3.77. The quantitative estimate of drug-likeness (QED) is 0.813. The third kappa shape index (κ3) is 2.84. The van der Waals surface area contributed by atoms with Crippen molar-refractivity contribution in [2.75, 3.05) is 13.7 Å². The topological polar surface area (TPSA) is 44.8 Å². The summed E-state index contributed by atoms with van der Waals surface area (Å²) in [6.45, 7) is 0.465. The van der Waals surface area contributed by atoms with E-state index in [0.717, 1.165) is 17.1 Å². The first-order chi connectivity index (χ1) is 10.3. The normalized spacial score (nSPS) is 16.3. The second-order valence-electron chi connectivity index (χ2n) is 4.85. The minimum absolute atomic E-state index is 0.120. The lowest BCUT2D eigenvalue weighted by molar-refractivity contribution is 0.0596. The van der Waals surface area contributed by atoms with Gasteiger partial charge in [0.2, 0.25) is 0 Å². The summed E-state index contributed by atoms with van der Waals surface area (Å²) in [4.78, 5) is 11.8. The minimum atomic E-state index is -0.331. The molecule has 0 spiro atoms. The van der Waals surface area contributed by atoms with E-state index < -0.39 is 0 Å². The van der Waals surface area contributed by atoms with E-state index in [0.29, 0.717) is 18.6 Å². The SMILES string of the molecule is COC(=O)c1ccccc1CC1COc2ccccc2O1. The van der Waals surface area contributed by atoms with Crippen LogP contribution in [0.25, 0.3) is 0 Å². The van der Waals surface area contributed by atoms with Crippen LogP contribution in [-0.4, -0.2) is 25.8 Å². The summed E-state index contributed by atoms with van der Waals surface area (Å²) in [5.74, 6) is 1.17. The fraction of sp³-hybridized carbons (Fsp3) is 0.235. The van der Waals surface area contributed by atoms with Gasteiger partial charge in [0.05, 0.1) is 12.7 Å². The monoisotopic (exact) mass is 284 g/mol. The molecule has 1 unspecified atom stereocenters. The summed E-state index contributed by atoms with van der Waals surface area (Å²) in [6, 6.07) is 15.0. The van der Waals surface area contributed by atoms with Gasteiger partial charge >= 0.3 is 5.97 Å². The van der Waals surface area contributed by atoms with Crippen LogP contribution in [0.4, 0.5) is 0 Å². The zero-order chi connectivity index (χ0) is 14.7. The molecule has 3 rings (SSSR count). The second-order valence-corrected chi connectivity index (χ2v) is 4.85. The highest BCUT2D eigenvalue weighted by Gasteiger charge is 2.23. The van der Waals surface area contributed by atoms with Crippen molar-refractivity contribution in [3.05, 3.63) is 59.7 Å². The van der Waals surface area contributed by atoms with Gasteiger partial charge in [0, 0.05) is 6.42 Å². The van der Waals surface area contributed by atoms with E-state index in [1.807, 2.05) is 42.5 Å². The number of rotatable bonds is 3. The number of methoxy groups -OCH3 is 1. The molecule has 4 heteroatoms. The Morgan fingerprint density at radius 2 is 1.86 bits per heavy atom. The van der Waals surface area contributed by atoms with Gasteiger partial charge in [-0.1, -0.05) is 30.3 Å². The fourth-order valence-corrected chi connectivity index (χ4v) is 2.42. The van der Waals surface area contributed by atoms with Gasteiger partial charge in [-0.2, -0.15) is 0 Å². The predicted molar refractivity (Wildman–Crippen MR) is 77.8 cm³/mol. The van der Waals surface area contributed by atoms with Crippen LogP contribution in [0.2, 0.25) is 0 Å². The summed E-state index contributed by atoms with van der Waals surface area (Å²) in [6.07, 6.45) is 0.477. The number of esters is 1. The molecule has 0 saturated carbocycles. The predicted octanol–water partition coefficient (Wildman–Crippen LogP) is 2.86. The first-order valence-corrected chi connectivity index (χ1v) is 6.82. The summed E-state index contributed by atoms with van der Waals surface area (Å²) in [5.41, 5.74) is 1.47. The van der Waals surface area contributed by atoms with E-state index in [1.54, 1.807) is 6.07 Å². The summed E-state index contributed by atoms with van der Waals surface area (Å²) in [5, 5.41) is 0. The maximum Gasteiger partial charge on any atom is 0.338 e. The molecule has 4 nitrogen and oxygen atoms in total. The molecule has 0 radical (unpaired) electrons. The van der Waals surface area contributed by atoms with Gasteiger partial charge in [0.1, 0.15) is 12.7 Å². The number of hydrogen-bond acceptors (Lipinski definition) is 4. The number of fused-ring (bicyclic) bond motifs is 1. The van der Waals surface area contributed by atoms with Crippen LogP contribution in [0.3, 0.4) is 0 Å². The molecule has 0 aliphatic carbocycles. The smallest absolute Gasteiger partial charge is 0.338 e. The van der Waals surface area contributed by atoms with Crippen molar-refractivity contribution < 1.29 is 19.0 Å². The van der Waals surface area contributed by atoms with Gasteiger partial charge in [-0.15, -0.1) is 0 Å². The first-order valence-electron chi connectivity index (χ1n) is 6.82. The molecular weight excluding hydrogens is 268 g/mol. The van der Waals surface area contributed by atoms with Crippen LogP contribution in [0.15, 0.2) is 48.5 Å². The van der Waals surface area contributed by atoms with Gasteiger partial charge in [-0.25, -0.2) is 4.79 Å². The first kappa shape index (κ1) is 13.5. The molecular formula is C17H16O4. The Balaban J connectivity index is 1.78. The van der Waals surface area contributed by atoms with Crippen LogP contribution in [0.5, 0.6) is 11.5 Å². The van der Waals surface area contributed by atoms with Crippen molar-refractivity contribution in [3.63, 3.8) is 0 Å². The highest BCUT2D eigenvalue weighted by molar-refractivity contribution is 5.91. The van der Waals surface area contributed by atoms with Gasteiger partial charge in [-0.05, 0) is 23.8 Å². The Morgan fingerprint density at radius 3 is 2.67 bits per heavy atom. The molecule has 0 fully saturated rings. The van der Waals surface area contributed by atoms with E-state index in [9.17, 15) is 4.79 Å². The third-order valence-corrected chi connectivity index (χ3v) is 3.44. The molecule has 1 heterocycles. The maximum absolute atomic E-state index is 11.8. The van der Waals surface area contributed by atoms with E-state index >= 15 is 0 Å². The van der Waals surface area contributed by atoms with Crippen molar-refractivity contribution in [1.82, 2.24) is 0 Å². The number of ether oxygens (including phenoxy) is 3. The van der Waals surface area contributed by atoms with Crippen LogP contribution < -0.4 is 9.47 Å². The third-order valence-electron chi connectivity index (χ3n) is 3.44. The number of benzene rings is 2. The lowest BCUT2D eigenvalue weighted by atomic mass is 10.0. The molecule has 2 aromatic rings. The standard InChI is InChI=1S/C17H16O4/c1-19-17(18)14-7-3-2-6-12(14)10-13-11-20-15-8-4-5-9-16(15)21-13/h2-9,13H,10-11H2,1H3. The zero-order valence-electron chi connectivity index (χ0n) is 11.7. The summed E-state index contributed by atoms with van der Waals surface area (Å²) in [7, 11) is 1.38. The van der Waals surface area contributed by atoms with Crippen LogP contribution >= 0.6 is 0 Å². The molecule has 2 aromatic carbocycles. The molecule has 0 aromatic heterocycles. The van der Waals surface area contributed by atoms with E-state index in [4.69, 9.17) is 14.2 Å². The van der Waals surface area contributed by atoms with Crippen LogP contribution in [0.1, 0.15) is 15.9 Å². The average Bonchev–Trinajstić information content (AvgIpc) is 2.54. The van der Waals surface area contributed by atoms with Crippen molar-refractivity contribution in [2.24, 2.45) is 0 Å². The Labute approximate surface area is 123 Å². The Morgan fingerprint density at radius 1 is 1.14 bits per heavy atom. The molecule has 1 atom stereocenters. The van der Waals surface area contributed by atoms with Gasteiger partial charge in [-0.3, -0.25) is 0 Å². The van der Waals surface area contributed by atoms with Crippen molar-refractivity contribution in [2.45, 2.75) is 12.5 Å². The average molecular weight is 284 g/mol. The van der Waals surface area contributed by atoms with Crippen LogP contribution in [0, 0.1) is 0 Å². The molecule has 0 N–H and O–H groups in total. The molecule has 108 valence electrons. The number of hydrogen-bond donors (Lipinski definition) is 0. The lowest BCUT2D eigenvalue weighted by Gasteiger charge is -2.26. The molecule has 0 amide bonds. The number of carbonyl (C=O) groups excluding carboxylic acids is 1. The van der Waals surface area contributed by atoms with Crippen molar-refractivity contribution in [1.29, 1.82) is 0 Å². The zero-order valence-corrected chi connectivity index (χ0v) is 11.7. The summed E-state index contributed by atoms with van der Waals surface area (Å²) < 4.78 is 16.4. The highest BCUT2D eigenvalue weighted by atomic mass is 16.6. The highest BCUT2D eigenvalue weighted by Crippen LogP contribution is 2.31. The summed E-state index contributed by atoms with van der Waals surface area (Å²) >= 11 is 0. The maximum atomic E-state index is 11.8. The molecule has 0 saturated heterocycles. The lowest BCUT2D eigenvalue weighted by Crippen LogP contribution is -2.31. The molecule has 0 bridgehead atoms. The number of carbonyl (C=O) groups is 1. The second kappa shape index (κ2) is 5.87.